The van der Waals surface area contributed by atoms with Crippen LogP contribution < -0.4 is 14.8 Å². The van der Waals surface area contributed by atoms with Crippen LogP contribution in [0.1, 0.15) is 5.56 Å². The minimum Gasteiger partial charge on any atom is -0.496 e. The van der Waals surface area contributed by atoms with Crippen LogP contribution >= 0.6 is 0 Å². The average molecular weight is 258 g/mol. The molecule has 0 amide bonds. The summed E-state index contributed by atoms with van der Waals surface area (Å²) in [4.78, 5) is 0. The minimum absolute atomic E-state index is 0.0681. The van der Waals surface area contributed by atoms with E-state index in [1.54, 1.807) is 20.2 Å². The largest absolute Gasteiger partial charge is 0.496 e. The number of para-hydroxylation sites is 1. The van der Waals surface area contributed by atoms with Gasteiger partial charge in [0.2, 0.25) is 10.0 Å². The summed E-state index contributed by atoms with van der Waals surface area (Å²) in [5.74, 6) is 0.752. The smallest absolute Gasteiger partial charge is 0.213 e. The first-order valence-corrected chi connectivity index (χ1v) is 6.98. The first kappa shape index (κ1) is 14.0. The quantitative estimate of drug-likeness (QED) is 0.740. The van der Waals surface area contributed by atoms with Crippen molar-refractivity contribution < 1.29 is 13.2 Å². The van der Waals surface area contributed by atoms with E-state index in [0.717, 1.165) is 5.56 Å². The third kappa shape index (κ3) is 4.72. The summed E-state index contributed by atoms with van der Waals surface area (Å²) in [5, 5.41) is 2.80. The predicted octanol–water partition coefficient (Wildman–Crippen LogP) is 0.334. The number of nitrogens with one attached hydrogen (secondary N) is 2. The van der Waals surface area contributed by atoms with Gasteiger partial charge in [0.1, 0.15) is 5.75 Å². The monoisotopic (exact) mass is 258 g/mol. The Morgan fingerprint density at radius 2 is 2.00 bits per heavy atom. The summed E-state index contributed by atoms with van der Waals surface area (Å²) in [5.41, 5.74) is 0.822. The Morgan fingerprint density at radius 3 is 2.65 bits per heavy atom. The Balaban J connectivity index is 2.61. The lowest BCUT2D eigenvalue weighted by atomic mass is 10.2. The summed E-state index contributed by atoms with van der Waals surface area (Å²) in [7, 11) is 0.0469. The Kier molecular flexibility index (Phi) is 5.40. The molecule has 0 atom stereocenters. The molecule has 1 rings (SSSR count). The number of ether oxygens (including phenoxy) is 1. The van der Waals surface area contributed by atoms with Crippen LogP contribution in [0.15, 0.2) is 24.3 Å². The molecule has 0 spiro atoms. The van der Waals surface area contributed by atoms with Crippen molar-refractivity contribution in [3.8, 4) is 5.75 Å². The van der Waals surface area contributed by atoms with Crippen LogP contribution in [0.3, 0.4) is 0 Å². The average Bonchev–Trinajstić information content (AvgIpc) is 2.34. The van der Waals surface area contributed by atoms with Gasteiger partial charge in [0.25, 0.3) is 0 Å². The fraction of sp³-hybridized carbons (Fsp3) is 0.455. The molecule has 6 heteroatoms. The molecule has 0 saturated heterocycles. The van der Waals surface area contributed by atoms with Crippen LogP contribution in [-0.2, 0) is 16.6 Å². The van der Waals surface area contributed by atoms with Crippen molar-refractivity contribution in [2.45, 2.75) is 6.54 Å². The lowest BCUT2D eigenvalue weighted by Gasteiger charge is -2.09. The van der Waals surface area contributed by atoms with Crippen LogP contribution in [0.4, 0.5) is 0 Å². The Hall–Kier alpha value is -1.11. The van der Waals surface area contributed by atoms with Crippen LogP contribution in [0.5, 0.6) is 5.75 Å². The summed E-state index contributed by atoms with van der Waals surface area (Å²) in [6.45, 7) is 0.678. The predicted molar refractivity (Wildman–Crippen MR) is 67.5 cm³/mol. The second-order valence-corrected chi connectivity index (χ2v) is 5.48. The van der Waals surface area contributed by atoms with Crippen molar-refractivity contribution in [1.29, 1.82) is 0 Å². The molecule has 0 bridgehead atoms. The van der Waals surface area contributed by atoms with E-state index in [1.807, 2.05) is 18.2 Å². The molecule has 0 heterocycles. The molecule has 0 aliphatic heterocycles. The van der Waals surface area contributed by atoms with Crippen LogP contribution in [0.25, 0.3) is 0 Å². The zero-order chi connectivity index (χ0) is 12.7. The Morgan fingerprint density at radius 1 is 1.29 bits per heavy atom. The molecule has 0 saturated carbocycles. The molecule has 96 valence electrons. The van der Waals surface area contributed by atoms with Gasteiger partial charge in [-0.15, -0.1) is 0 Å². The molecule has 1 aromatic carbocycles. The number of methoxy groups -OCH3 is 1. The lowest BCUT2D eigenvalue weighted by molar-refractivity contribution is 0.409. The van der Waals surface area contributed by atoms with Gasteiger partial charge in [-0.2, -0.15) is 0 Å². The van der Waals surface area contributed by atoms with E-state index in [1.165, 1.54) is 0 Å². The van der Waals surface area contributed by atoms with E-state index < -0.39 is 10.0 Å². The molecule has 0 aliphatic carbocycles. The molecule has 0 unspecified atom stereocenters. The van der Waals surface area contributed by atoms with E-state index in [4.69, 9.17) is 4.74 Å². The molecule has 17 heavy (non-hydrogen) atoms. The number of benzene rings is 1. The molecule has 0 aromatic heterocycles. The van der Waals surface area contributed by atoms with Gasteiger partial charge in [-0.05, 0) is 13.1 Å². The summed E-state index contributed by atoms with van der Waals surface area (Å²) < 4.78 is 30.8. The van der Waals surface area contributed by atoms with Crippen LogP contribution in [-0.4, -0.2) is 34.9 Å². The van der Waals surface area contributed by atoms with Crippen molar-refractivity contribution >= 4 is 10.0 Å². The van der Waals surface area contributed by atoms with Crippen molar-refractivity contribution in [1.82, 2.24) is 10.0 Å². The molecule has 0 aliphatic rings. The zero-order valence-corrected chi connectivity index (χ0v) is 10.9. The molecule has 2 N–H and O–H groups in total. The molecule has 0 fully saturated rings. The van der Waals surface area contributed by atoms with E-state index in [-0.39, 0.29) is 12.3 Å². The van der Waals surface area contributed by atoms with Crippen LogP contribution in [0, 0.1) is 0 Å². The van der Waals surface area contributed by atoms with Crippen molar-refractivity contribution in [3.63, 3.8) is 0 Å². The number of hydrogen-bond donors (Lipinski definition) is 2. The molecular formula is C11H18N2O3S. The van der Waals surface area contributed by atoms with Gasteiger partial charge in [0.15, 0.2) is 0 Å². The van der Waals surface area contributed by atoms with Crippen molar-refractivity contribution in [2.24, 2.45) is 0 Å². The highest BCUT2D eigenvalue weighted by Gasteiger charge is 2.10. The maximum absolute atomic E-state index is 11.6. The number of hydrogen-bond acceptors (Lipinski definition) is 4. The second-order valence-electron chi connectivity index (χ2n) is 3.56. The third-order valence-electron chi connectivity index (χ3n) is 2.30. The topological polar surface area (TPSA) is 67.4 Å². The second kappa shape index (κ2) is 6.58. The van der Waals surface area contributed by atoms with Gasteiger partial charge in [-0.1, -0.05) is 18.2 Å². The van der Waals surface area contributed by atoms with Crippen molar-refractivity contribution in [3.05, 3.63) is 29.8 Å². The van der Waals surface area contributed by atoms with E-state index in [9.17, 15) is 8.42 Å². The van der Waals surface area contributed by atoms with Crippen molar-refractivity contribution in [2.75, 3.05) is 26.5 Å². The normalized spacial score (nSPS) is 11.4. The Bertz CT molecular complexity index is 446. The summed E-state index contributed by atoms with van der Waals surface area (Å²) >= 11 is 0. The molecule has 5 nitrogen and oxygen atoms in total. The third-order valence-corrected chi connectivity index (χ3v) is 3.62. The van der Waals surface area contributed by atoms with Gasteiger partial charge in [-0.25, -0.2) is 13.1 Å². The van der Waals surface area contributed by atoms with E-state index in [0.29, 0.717) is 12.3 Å². The first-order valence-electron chi connectivity index (χ1n) is 5.33. The standard InChI is InChI=1S/C11H18N2O3S/c1-12-7-8-17(14,15)13-9-10-5-3-4-6-11(10)16-2/h3-6,12-13H,7-9H2,1-2H3. The minimum atomic E-state index is -3.23. The number of sulfonamides is 1. The summed E-state index contributed by atoms with van der Waals surface area (Å²) in [6.07, 6.45) is 0. The highest BCUT2D eigenvalue weighted by atomic mass is 32.2. The highest BCUT2D eigenvalue weighted by molar-refractivity contribution is 7.89. The SMILES string of the molecule is CNCCS(=O)(=O)NCc1ccccc1OC. The fourth-order valence-electron chi connectivity index (χ4n) is 1.35. The highest BCUT2D eigenvalue weighted by Crippen LogP contribution is 2.16. The first-order chi connectivity index (χ1) is 8.09. The van der Waals surface area contributed by atoms with E-state index >= 15 is 0 Å². The molecule has 1 aromatic rings. The lowest BCUT2D eigenvalue weighted by Crippen LogP contribution is -2.30. The van der Waals surface area contributed by atoms with Gasteiger partial charge in [0, 0.05) is 18.7 Å². The van der Waals surface area contributed by atoms with Gasteiger partial charge in [-0.3, -0.25) is 0 Å². The maximum Gasteiger partial charge on any atom is 0.213 e. The molecule has 0 radical (unpaired) electrons. The van der Waals surface area contributed by atoms with Gasteiger partial charge >= 0.3 is 0 Å². The maximum atomic E-state index is 11.6. The Labute approximate surface area is 102 Å². The zero-order valence-electron chi connectivity index (χ0n) is 10.1. The number of rotatable bonds is 7. The summed E-state index contributed by atoms with van der Waals surface area (Å²) in [6, 6.07) is 7.33. The molecular weight excluding hydrogens is 240 g/mol. The van der Waals surface area contributed by atoms with E-state index in [2.05, 4.69) is 10.0 Å². The fourth-order valence-corrected chi connectivity index (χ4v) is 2.34. The van der Waals surface area contributed by atoms with Crippen LogP contribution in [0.2, 0.25) is 0 Å². The van der Waals surface area contributed by atoms with Gasteiger partial charge < -0.3 is 10.1 Å². The van der Waals surface area contributed by atoms with Gasteiger partial charge in [0.05, 0.1) is 12.9 Å².